The van der Waals surface area contributed by atoms with E-state index >= 15 is 0 Å². The number of nitrogens with one attached hydrogen (secondary N) is 1. The van der Waals surface area contributed by atoms with Gasteiger partial charge < -0.3 is 9.40 Å². The van der Waals surface area contributed by atoms with Gasteiger partial charge in [0.05, 0.1) is 12.8 Å². The van der Waals surface area contributed by atoms with E-state index in [0.717, 1.165) is 33.1 Å². The van der Waals surface area contributed by atoms with Gasteiger partial charge in [-0.1, -0.05) is 0 Å². The lowest BCUT2D eigenvalue weighted by Gasteiger charge is -2.27. The summed E-state index contributed by atoms with van der Waals surface area (Å²) >= 11 is 0. The van der Waals surface area contributed by atoms with Crippen LogP contribution in [0.15, 0.2) is 28.9 Å². The Kier molecular flexibility index (Phi) is 2.60. The zero-order chi connectivity index (χ0) is 14.6. The van der Waals surface area contributed by atoms with Crippen molar-refractivity contribution < 1.29 is 17.6 Å². The van der Waals surface area contributed by atoms with Gasteiger partial charge in [-0.05, 0) is 23.8 Å². The van der Waals surface area contributed by atoms with Crippen LogP contribution in [0.25, 0.3) is 21.9 Å². The van der Waals surface area contributed by atoms with Crippen LogP contribution in [0.4, 0.5) is 13.2 Å². The number of fused-ring (bicyclic) bond motifs is 5. The summed E-state index contributed by atoms with van der Waals surface area (Å²) in [5, 5.41) is 1.95. The van der Waals surface area contributed by atoms with E-state index in [1.165, 1.54) is 4.90 Å². The second-order valence-electron chi connectivity index (χ2n) is 5.48. The van der Waals surface area contributed by atoms with Crippen molar-refractivity contribution in [3.63, 3.8) is 0 Å². The Bertz CT molecular complexity index is 815. The summed E-state index contributed by atoms with van der Waals surface area (Å²) in [5.41, 5.74) is 3.73. The number of nitrogens with zero attached hydrogens (tertiary/aromatic N) is 1. The maximum absolute atomic E-state index is 12.6. The number of benzene rings is 1. The Morgan fingerprint density at radius 3 is 2.90 bits per heavy atom. The standard InChI is InChI=1S/C15H13F3N2O/c16-15(17,18)8-20-5-3-11-10(7-20)14-9-4-6-21-13(9)2-1-12(14)19-11/h1-2,4,6,19H,3,5,7-8H2. The van der Waals surface area contributed by atoms with Crippen LogP contribution in [0.1, 0.15) is 11.3 Å². The van der Waals surface area contributed by atoms with Crippen LogP contribution in [0.3, 0.4) is 0 Å². The third kappa shape index (κ3) is 2.10. The Morgan fingerprint density at radius 1 is 1.24 bits per heavy atom. The van der Waals surface area contributed by atoms with E-state index < -0.39 is 12.7 Å². The minimum Gasteiger partial charge on any atom is -0.464 e. The molecule has 110 valence electrons. The van der Waals surface area contributed by atoms with Crippen molar-refractivity contribution in [1.29, 1.82) is 0 Å². The van der Waals surface area contributed by atoms with Gasteiger partial charge >= 0.3 is 6.18 Å². The molecule has 1 aromatic carbocycles. The Hall–Kier alpha value is -1.95. The Labute approximate surface area is 118 Å². The van der Waals surface area contributed by atoms with Gasteiger partial charge in [0.1, 0.15) is 5.58 Å². The number of aromatic amines is 1. The summed E-state index contributed by atoms with van der Waals surface area (Å²) in [5.74, 6) is 0. The molecule has 6 heteroatoms. The van der Waals surface area contributed by atoms with Crippen LogP contribution in [-0.2, 0) is 13.0 Å². The third-order valence-electron chi connectivity index (χ3n) is 4.05. The molecule has 21 heavy (non-hydrogen) atoms. The number of hydrogen-bond acceptors (Lipinski definition) is 2. The van der Waals surface area contributed by atoms with E-state index in [2.05, 4.69) is 4.98 Å². The van der Waals surface area contributed by atoms with E-state index in [9.17, 15) is 13.2 Å². The van der Waals surface area contributed by atoms with Gasteiger partial charge in [-0.3, -0.25) is 4.90 Å². The fourth-order valence-electron chi connectivity index (χ4n) is 3.21. The molecule has 0 radical (unpaired) electrons. The van der Waals surface area contributed by atoms with Crippen molar-refractivity contribution >= 4 is 21.9 Å². The minimum absolute atomic E-state index is 0.319. The fourth-order valence-corrected chi connectivity index (χ4v) is 3.21. The molecule has 3 nitrogen and oxygen atoms in total. The van der Waals surface area contributed by atoms with Crippen LogP contribution in [0.5, 0.6) is 0 Å². The molecule has 0 fully saturated rings. The molecule has 1 aliphatic heterocycles. The van der Waals surface area contributed by atoms with Crippen LogP contribution >= 0.6 is 0 Å². The fraction of sp³-hybridized carbons (Fsp3) is 0.333. The average molecular weight is 294 g/mol. The number of H-pyrrole nitrogens is 1. The normalized spacial score (nSPS) is 16.7. The number of furan rings is 1. The van der Waals surface area contributed by atoms with E-state index in [1.807, 2.05) is 18.2 Å². The van der Waals surface area contributed by atoms with Crippen LogP contribution < -0.4 is 0 Å². The Morgan fingerprint density at radius 2 is 2.10 bits per heavy atom. The minimum atomic E-state index is -4.16. The van der Waals surface area contributed by atoms with Crippen LogP contribution in [-0.4, -0.2) is 29.1 Å². The highest BCUT2D eigenvalue weighted by molar-refractivity contribution is 6.07. The summed E-state index contributed by atoms with van der Waals surface area (Å²) in [6.07, 6.45) is -1.94. The van der Waals surface area contributed by atoms with Gasteiger partial charge in [0.2, 0.25) is 0 Å². The second-order valence-corrected chi connectivity index (χ2v) is 5.48. The summed E-state index contributed by atoms with van der Waals surface area (Å²) in [7, 11) is 0. The number of alkyl halides is 3. The summed E-state index contributed by atoms with van der Waals surface area (Å²) in [4.78, 5) is 4.78. The zero-order valence-corrected chi connectivity index (χ0v) is 11.1. The largest absolute Gasteiger partial charge is 0.464 e. The highest BCUT2D eigenvalue weighted by Crippen LogP contribution is 2.34. The second kappa shape index (κ2) is 4.27. The van der Waals surface area contributed by atoms with Crippen molar-refractivity contribution in [2.75, 3.05) is 13.1 Å². The molecule has 2 aromatic heterocycles. The van der Waals surface area contributed by atoms with Crippen molar-refractivity contribution in [3.8, 4) is 0 Å². The molecule has 0 amide bonds. The molecular weight excluding hydrogens is 281 g/mol. The number of rotatable bonds is 1. The van der Waals surface area contributed by atoms with Gasteiger partial charge in [0.25, 0.3) is 0 Å². The number of halogens is 3. The lowest BCUT2D eigenvalue weighted by atomic mass is 10.0. The first kappa shape index (κ1) is 12.8. The Balaban J connectivity index is 1.82. The van der Waals surface area contributed by atoms with Gasteiger partial charge in [-0.25, -0.2) is 0 Å². The molecule has 3 heterocycles. The highest BCUT2D eigenvalue weighted by Gasteiger charge is 2.33. The van der Waals surface area contributed by atoms with Gasteiger partial charge in [-0.2, -0.15) is 13.2 Å². The molecule has 0 aliphatic carbocycles. The topological polar surface area (TPSA) is 32.2 Å². The molecule has 1 aliphatic rings. The lowest BCUT2D eigenvalue weighted by molar-refractivity contribution is -0.147. The highest BCUT2D eigenvalue weighted by atomic mass is 19.4. The number of aromatic nitrogens is 1. The molecule has 0 saturated heterocycles. The molecule has 0 bridgehead atoms. The summed E-state index contributed by atoms with van der Waals surface area (Å²) in [6, 6.07) is 5.68. The molecule has 0 atom stereocenters. The predicted molar refractivity (Wildman–Crippen MR) is 73.1 cm³/mol. The predicted octanol–water partition coefficient (Wildman–Crippen LogP) is 3.83. The third-order valence-corrected chi connectivity index (χ3v) is 4.05. The van der Waals surface area contributed by atoms with Crippen molar-refractivity contribution in [1.82, 2.24) is 9.88 Å². The van der Waals surface area contributed by atoms with Gasteiger partial charge in [0.15, 0.2) is 0 Å². The maximum atomic E-state index is 12.6. The van der Waals surface area contributed by atoms with Crippen molar-refractivity contribution in [2.45, 2.75) is 19.1 Å². The molecule has 0 spiro atoms. The van der Waals surface area contributed by atoms with Crippen molar-refractivity contribution in [3.05, 3.63) is 35.7 Å². The first-order chi connectivity index (χ1) is 10.0. The lowest BCUT2D eigenvalue weighted by Crippen LogP contribution is -2.37. The van der Waals surface area contributed by atoms with E-state index in [4.69, 9.17) is 4.42 Å². The van der Waals surface area contributed by atoms with Crippen molar-refractivity contribution in [2.24, 2.45) is 0 Å². The number of hydrogen-bond donors (Lipinski definition) is 1. The summed E-state index contributed by atoms with van der Waals surface area (Å²) < 4.78 is 43.2. The first-order valence-corrected chi connectivity index (χ1v) is 6.80. The smallest absolute Gasteiger partial charge is 0.401 e. The zero-order valence-electron chi connectivity index (χ0n) is 11.1. The maximum Gasteiger partial charge on any atom is 0.401 e. The molecule has 0 unspecified atom stereocenters. The monoisotopic (exact) mass is 294 g/mol. The van der Waals surface area contributed by atoms with Gasteiger partial charge in [0, 0.05) is 41.5 Å². The SMILES string of the molecule is FC(F)(F)CN1CCc2[nH]c3ccc4occc4c3c2C1. The molecule has 1 N–H and O–H groups in total. The molecule has 3 aromatic rings. The van der Waals surface area contributed by atoms with Gasteiger partial charge in [-0.15, -0.1) is 0 Å². The molecule has 0 saturated carbocycles. The quantitative estimate of drug-likeness (QED) is 0.739. The first-order valence-electron chi connectivity index (χ1n) is 6.80. The van der Waals surface area contributed by atoms with Crippen LogP contribution in [0, 0.1) is 0 Å². The average Bonchev–Trinajstić information content (AvgIpc) is 2.98. The van der Waals surface area contributed by atoms with Crippen LogP contribution in [0.2, 0.25) is 0 Å². The van der Waals surface area contributed by atoms with E-state index in [0.29, 0.717) is 19.5 Å². The summed E-state index contributed by atoms with van der Waals surface area (Å²) in [6.45, 7) is -0.118. The molecule has 4 rings (SSSR count). The van der Waals surface area contributed by atoms with E-state index in [-0.39, 0.29) is 0 Å². The van der Waals surface area contributed by atoms with E-state index in [1.54, 1.807) is 6.26 Å². The molecular formula is C15H13F3N2O.